The number of amides is 2. The van der Waals surface area contributed by atoms with E-state index in [2.05, 4.69) is 23.6 Å². The van der Waals surface area contributed by atoms with E-state index < -0.39 is 0 Å². The first-order chi connectivity index (χ1) is 15.5. The van der Waals surface area contributed by atoms with E-state index in [9.17, 15) is 9.59 Å². The molecule has 0 aliphatic carbocycles. The molecule has 0 N–H and O–H groups in total. The van der Waals surface area contributed by atoms with Crippen LogP contribution < -0.4 is 0 Å². The van der Waals surface area contributed by atoms with Gasteiger partial charge in [0.15, 0.2) is 0 Å². The Morgan fingerprint density at radius 2 is 0.906 bits per heavy atom. The van der Waals surface area contributed by atoms with Gasteiger partial charge in [-0.3, -0.25) is 19.4 Å². The zero-order valence-corrected chi connectivity index (χ0v) is 20.1. The van der Waals surface area contributed by atoms with Crippen LogP contribution in [-0.2, 0) is 19.1 Å². The fourth-order valence-electron chi connectivity index (χ4n) is 6.38. The Morgan fingerprint density at radius 1 is 0.594 bits per heavy atom. The number of likely N-dealkylation sites (tertiary alicyclic amines) is 2. The van der Waals surface area contributed by atoms with Gasteiger partial charge in [-0.25, -0.2) is 0 Å². The van der Waals surface area contributed by atoms with Crippen LogP contribution in [0.1, 0.15) is 52.4 Å². The molecule has 4 heterocycles. The highest BCUT2D eigenvalue weighted by molar-refractivity contribution is 6.34. The van der Waals surface area contributed by atoms with Crippen molar-refractivity contribution in [2.24, 2.45) is 0 Å². The number of hydrogen-bond donors (Lipinski definition) is 0. The molecule has 0 radical (unpaired) electrons. The molecule has 0 aromatic carbocycles. The zero-order valence-electron chi connectivity index (χ0n) is 20.1. The van der Waals surface area contributed by atoms with Crippen LogP contribution in [0.5, 0.6) is 0 Å². The molecule has 4 saturated heterocycles. The second-order valence-corrected chi connectivity index (χ2v) is 9.94. The van der Waals surface area contributed by atoms with Crippen molar-refractivity contribution in [3.63, 3.8) is 0 Å². The van der Waals surface area contributed by atoms with Gasteiger partial charge >= 0.3 is 11.8 Å². The number of ether oxygens (including phenoxy) is 2. The molecule has 8 nitrogen and oxygen atoms in total. The molecule has 0 saturated carbocycles. The topological polar surface area (TPSA) is 65.6 Å². The maximum Gasteiger partial charge on any atom is 0.312 e. The monoisotopic (exact) mass is 450 g/mol. The highest BCUT2D eigenvalue weighted by Crippen LogP contribution is 2.34. The molecule has 0 aromatic rings. The Kier molecular flexibility index (Phi) is 7.75. The van der Waals surface area contributed by atoms with E-state index in [0.717, 1.165) is 91.1 Å². The summed E-state index contributed by atoms with van der Waals surface area (Å²) in [5.41, 5.74) is 0.293. The smallest absolute Gasteiger partial charge is 0.312 e. The molecule has 2 amide bonds. The standard InChI is InChI=1S/C24H42N4O4/c1-3-23(27-13-17-31-18-14-27)5-9-25(10-6-23)21(29)22(30)26-11-7-24(4-2,8-12-26)28-15-19-32-20-16-28/h3-20H2,1-2H3. The molecule has 4 aliphatic heterocycles. The summed E-state index contributed by atoms with van der Waals surface area (Å²) in [6.45, 7) is 14.3. The third-order valence-electron chi connectivity index (χ3n) is 8.83. The number of nitrogens with zero attached hydrogens (tertiary/aromatic N) is 4. The van der Waals surface area contributed by atoms with E-state index in [-0.39, 0.29) is 22.9 Å². The van der Waals surface area contributed by atoms with Crippen molar-refractivity contribution in [1.82, 2.24) is 19.6 Å². The third-order valence-corrected chi connectivity index (χ3v) is 8.83. The lowest BCUT2D eigenvalue weighted by molar-refractivity contribution is -0.155. The van der Waals surface area contributed by atoms with Gasteiger partial charge in [-0.15, -0.1) is 0 Å². The van der Waals surface area contributed by atoms with Crippen LogP contribution in [0.15, 0.2) is 0 Å². The van der Waals surface area contributed by atoms with E-state index in [4.69, 9.17) is 9.47 Å². The minimum absolute atomic E-state index is 0.146. The highest BCUT2D eigenvalue weighted by Gasteiger charge is 2.43. The number of carbonyl (C=O) groups is 2. The van der Waals surface area contributed by atoms with E-state index in [1.54, 1.807) is 9.80 Å². The van der Waals surface area contributed by atoms with Crippen molar-refractivity contribution < 1.29 is 19.1 Å². The second kappa shape index (κ2) is 10.4. The minimum atomic E-state index is -0.299. The van der Waals surface area contributed by atoms with Crippen molar-refractivity contribution >= 4 is 11.8 Å². The Bertz CT molecular complexity index is 588. The number of hydrogen-bond acceptors (Lipinski definition) is 6. The number of morpholine rings is 2. The Balaban J connectivity index is 1.30. The minimum Gasteiger partial charge on any atom is -0.379 e. The van der Waals surface area contributed by atoms with Crippen LogP contribution >= 0.6 is 0 Å². The van der Waals surface area contributed by atoms with E-state index in [1.807, 2.05) is 0 Å². The van der Waals surface area contributed by atoms with Gasteiger partial charge in [-0.2, -0.15) is 0 Å². The molecule has 0 bridgehead atoms. The van der Waals surface area contributed by atoms with Crippen molar-refractivity contribution in [1.29, 1.82) is 0 Å². The van der Waals surface area contributed by atoms with Crippen LogP contribution in [0.3, 0.4) is 0 Å². The average molecular weight is 451 g/mol. The fourth-order valence-corrected chi connectivity index (χ4v) is 6.38. The molecule has 4 fully saturated rings. The van der Waals surface area contributed by atoms with E-state index in [0.29, 0.717) is 26.2 Å². The Labute approximate surface area is 193 Å². The van der Waals surface area contributed by atoms with E-state index in [1.165, 1.54) is 0 Å². The van der Waals surface area contributed by atoms with Gasteiger partial charge in [0.25, 0.3) is 0 Å². The van der Waals surface area contributed by atoms with Crippen LogP contribution in [0, 0.1) is 0 Å². The average Bonchev–Trinajstić information content (AvgIpc) is 2.89. The molecule has 4 aliphatic rings. The van der Waals surface area contributed by atoms with Gasteiger partial charge in [0, 0.05) is 63.4 Å². The summed E-state index contributed by atoms with van der Waals surface area (Å²) in [5.74, 6) is -0.598. The number of carbonyl (C=O) groups excluding carboxylic acids is 2. The third kappa shape index (κ3) is 4.69. The highest BCUT2D eigenvalue weighted by atomic mass is 16.5. The molecule has 0 unspecified atom stereocenters. The summed E-state index contributed by atoms with van der Waals surface area (Å²) < 4.78 is 11.1. The quantitative estimate of drug-likeness (QED) is 0.600. The van der Waals surface area contributed by atoms with Gasteiger partial charge in [0.1, 0.15) is 0 Å². The first kappa shape index (κ1) is 23.9. The first-order valence-corrected chi connectivity index (χ1v) is 12.8. The number of rotatable bonds is 4. The van der Waals surface area contributed by atoms with Crippen molar-refractivity contribution in [2.75, 3.05) is 78.8 Å². The summed E-state index contributed by atoms with van der Waals surface area (Å²) in [5, 5.41) is 0. The lowest BCUT2D eigenvalue weighted by atomic mass is 9.82. The predicted octanol–water partition coefficient (Wildman–Crippen LogP) is 1.19. The molecular formula is C24H42N4O4. The van der Waals surface area contributed by atoms with E-state index >= 15 is 0 Å². The molecule has 182 valence electrons. The Morgan fingerprint density at radius 3 is 1.19 bits per heavy atom. The molecule has 8 heteroatoms. The SMILES string of the molecule is CCC1(N2CCOCC2)CCN(C(=O)C(=O)N2CCC(CC)(N3CCOCC3)CC2)CC1. The first-order valence-electron chi connectivity index (χ1n) is 12.8. The zero-order chi connectivity index (χ0) is 22.6. The van der Waals surface area contributed by atoms with Crippen LogP contribution in [0.4, 0.5) is 0 Å². The largest absolute Gasteiger partial charge is 0.379 e. The normalized spacial score (nSPS) is 27.3. The molecule has 0 atom stereocenters. The molecule has 0 spiro atoms. The summed E-state index contributed by atoms with van der Waals surface area (Å²) in [6, 6.07) is 0. The van der Waals surface area contributed by atoms with Crippen molar-refractivity contribution in [3.8, 4) is 0 Å². The lowest BCUT2D eigenvalue weighted by Gasteiger charge is -2.51. The summed E-state index contributed by atoms with van der Waals surface area (Å²) >= 11 is 0. The molecular weight excluding hydrogens is 408 g/mol. The van der Waals surface area contributed by atoms with Crippen LogP contribution in [0.2, 0.25) is 0 Å². The predicted molar refractivity (Wildman–Crippen MR) is 122 cm³/mol. The molecule has 0 aromatic heterocycles. The summed E-state index contributed by atoms with van der Waals surface area (Å²) in [4.78, 5) is 34.9. The molecule has 32 heavy (non-hydrogen) atoms. The lowest BCUT2D eigenvalue weighted by Crippen LogP contribution is -2.61. The number of piperidine rings is 2. The van der Waals surface area contributed by atoms with Gasteiger partial charge < -0.3 is 19.3 Å². The van der Waals surface area contributed by atoms with Gasteiger partial charge in [0.2, 0.25) is 0 Å². The Hall–Kier alpha value is -1.22. The summed E-state index contributed by atoms with van der Waals surface area (Å²) in [7, 11) is 0. The van der Waals surface area contributed by atoms with Crippen LogP contribution in [0.25, 0.3) is 0 Å². The van der Waals surface area contributed by atoms with Gasteiger partial charge in [-0.05, 0) is 38.5 Å². The maximum atomic E-state index is 13.1. The van der Waals surface area contributed by atoms with Crippen molar-refractivity contribution in [2.45, 2.75) is 63.5 Å². The summed E-state index contributed by atoms with van der Waals surface area (Å²) in [6.07, 6.45) is 5.93. The second-order valence-electron chi connectivity index (χ2n) is 9.94. The maximum absolute atomic E-state index is 13.1. The van der Waals surface area contributed by atoms with Gasteiger partial charge in [0.05, 0.1) is 26.4 Å². The van der Waals surface area contributed by atoms with Crippen LogP contribution in [-0.4, -0.2) is 121 Å². The van der Waals surface area contributed by atoms with Gasteiger partial charge in [-0.1, -0.05) is 13.8 Å². The molecule has 4 rings (SSSR count). The fraction of sp³-hybridized carbons (Fsp3) is 0.917. The van der Waals surface area contributed by atoms with Crippen molar-refractivity contribution in [3.05, 3.63) is 0 Å².